The highest BCUT2D eigenvalue weighted by molar-refractivity contribution is 7.15. The second-order valence-corrected chi connectivity index (χ2v) is 10.6. The molecule has 1 aromatic heterocycles. The predicted octanol–water partition coefficient (Wildman–Crippen LogP) is 3.93. The third kappa shape index (κ3) is 4.35. The standard InChI is InChI=1S/C23H27FN4O2S/c24-18-4-2-1-3-17(18)10-20-27-28-22(31-20)26-19(29)5-6-25-21(30)23-11-14-7-15(12-23)9-16(8-14)13-23/h1-4,14-16H,5-13H2,(H,25,30)(H,26,28,29). The molecule has 8 heteroatoms. The first kappa shape index (κ1) is 20.5. The molecular weight excluding hydrogens is 415 g/mol. The van der Waals surface area contributed by atoms with E-state index in [0.29, 0.717) is 28.7 Å². The van der Waals surface area contributed by atoms with Crippen molar-refractivity contribution in [2.24, 2.45) is 23.2 Å². The molecular formula is C23H27FN4O2S. The molecule has 6 rings (SSSR count). The summed E-state index contributed by atoms with van der Waals surface area (Å²) in [4.78, 5) is 25.2. The minimum absolute atomic E-state index is 0.141. The predicted molar refractivity (Wildman–Crippen MR) is 116 cm³/mol. The van der Waals surface area contributed by atoms with Gasteiger partial charge < -0.3 is 10.6 Å². The van der Waals surface area contributed by atoms with Gasteiger partial charge in [-0.25, -0.2) is 4.39 Å². The molecule has 31 heavy (non-hydrogen) atoms. The van der Waals surface area contributed by atoms with Gasteiger partial charge in [-0.2, -0.15) is 0 Å². The monoisotopic (exact) mass is 442 g/mol. The van der Waals surface area contributed by atoms with Crippen molar-refractivity contribution in [3.63, 3.8) is 0 Å². The first-order chi connectivity index (χ1) is 15.0. The van der Waals surface area contributed by atoms with E-state index >= 15 is 0 Å². The van der Waals surface area contributed by atoms with Crippen molar-refractivity contribution in [1.29, 1.82) is 0 Å². The summed E-state index contributed by atoms with van der Waals surface area (Å²) in [6.45, 7) is 0.327. The first-order valence-corrected chi connectivity index (χ1v) is 11.9. The van der Waals surface area contributed by atoms with Gasteiger partial charge in [0.2, 0.25) is 16.9 Å². The lowest BCUT2D eigenvalue weighted by Crippen LogP contribution is -2.53. The van der Waals surface area contributed by atoms with E-state index in [4.69, 9.17) is 0 Å². The number of benzene rings is 1. The molecule has 2 aromatic rings. The van der Waals surface area contributed by atoms with Crippen LogP contribution in [0.1, 0.15) is 55.5 Å². The van der Waals surface area contributed by atoms with Crippen LogP contribution < -0.4 is 10.6 Å². The van der Waals surface area contributed by atoms with Crippen molar-refractivity contribution in [3.05, 3.63) is 40.7 Å². The zero-order chi connectivity index (χ0) is 21.4. The average molecular weight is 443 g/mol. The minimum atomic E-state index is -0.280. The molecule has 4 bridgehead atoms. The molecule has 0 unspecified atom stereocenters. The smallest absolute Gasteiger partial charge is 0.227 e. The summed E-state index contributed by atoms with van der Waals surface area (Å²) in [6.07, 6.45) is 7.49. The Labute approximate surface area is 185 Å². The van der Waals surface area contributed by atoms with Gasteiger partial charge in [0.25, 0.3) is 0 Å². The van der Waals surface area contributed by atoms with E-state index in [9.17, 15) is 14.0 Å². The van der Waals surface area contributed by atoms with Crippen LogP contribution in [0.3, 0.4) is 0 Å². The Morgan fingerprint density at radius 1 is 1.06 bits per heavy atom. The highest BCUT2D eigenvalue weighted by Gasteiger charge is 2.54. The van der Waals surface area contributed by atoms with Crippen LogP contribution in [0.25, 0.3) is 0 Å². The number of carbonyl (C=O) groups is 2. The molecule has 4 aliphatic rings. The molecule has 4 saturated carbocycles. The average Bonchev–Trinajstić information content (AvgIpc) is 3.15. The van der Waals surface area contributed by atoms with Crippen LogP contribution in [0.5, 0.6) is 0 Å². The number of nitrogens with zero attached hydrogens (tertiary/aromatic N) is 2. The molecule has 0 saturated heterocycles. The normalized spacial score (nSPS) is 28.5. The van der Waals surface area contributed by atoms with Gasteiger partial charge in [-0.15, -0.1) is 10.2 Å². The zero-order valence-electron chi connectivity index (χ0n) is 17.4. The second-order valence-electron chi connectivity index (χ2n) is 9.52. The number of aromatic nitrogens is 2. The number of anilines is 1. The van der Waals surface area contributed by atoms with Crippen molar-refractivity contribution >= 4 is 28.3 Å². The maximum absolute atomic E-state index is 13.8. The van der Waals surface area contributed by atoms with Gasteiger partial charge in [-0.05, 0) is 67.9 Å². The summed E-state index contributed by atoms with van der Waals surface area (Å²) in [5.41, 5.74) is 0.357. The summed E-state index contributed by atoms with van der Waals surface area (Å²) in [5.74, 6) is 1.81. The fraction of sp³-hybridized carbons (Fsp3) is 0.565. The molecule has 1 heterocycles. The van der Waals surface area contributed by atoms with E-state index in [-0.39, 0.29) is 29.5 Å². The Kier molecular flexibility index (Phi) is 5.50. The maximum Gasteiger partial charge on any atom is 0.227 e. The van der Waals surface area contributed by atoms with Crippen molar-refractivity contribution in [2.75, 3.05) is 11.9 Å². The van der Waals surface area contributed by atoms with Crippen LogP contribution in [0, 0.1) is 29.0 Å². The Balaban J connectivity index is 1.09. The lowest BCUT2D eigenvalue weighted by Gasteiger charge is -2.55. The van der Waals surface area contributed by atoms with Crippen LogP contribution >= 0.6 is 11.3 Å². The molecule has 164 valence electrons. The number of amides is 2. The minimum Gasteiger partial charge on any atom is -0.355 e. The van der Waals surface area contributed by atoms with E-state index < -0.39 is 0 Å². The highest BCUT2D eigenvalue weighted by atomic mass is 32.1. The Morgan fingerprint density at radius 3 is 2.42 bits per heavy atom. The zero-order valence-corrected chi connectivity index (χ0v) is 18.2. The van der Waals surface area contributed by atoms with E-state index in [1.54, 1.807) is 18.2 Å². The van der Waals surface area contributed by atoms with Crippen LogP contribution in [-0.4, -0.2) is 28.6 Å². The highest BCUT2D eigenvalue weighted by Crippen LogP contribution is 2.60. The molecule has 6 nitrogen and oxygen atoms in total. The van der Waals surface area contributed by atoms with Gasteiger partial charge in [0.15, 0.2) is 0 Å². The maximum atomic E-state index is 13.8. The molecule has 0 atom stereocenters. The van der Waals surface area contributed by atoms with Gasteiger partial charge in [0, 0.05) is 24.8 Å². The number of halogens is 1. The first-order valence-electron chi connectivity index (χ1n) is 11.1. The lowest BCUT2D eigenvalue weighted by molar-refractivity contribution is -0.146. The van der Waals surface area contributed by atoms with Crippen LogP contribution in [-0.2, 0) is 16.0 Å². The van der Waals surface area contributed by atoms with E-state index in [2.05, 4.69) is 20.8 Å². The number of nitrogens with one attached hydrogen (secondary N) is 2. The molecule has 2 amide bonds. The summed E-state index contributed by atoms with van der Waals surface area (Å²) in [5, 5.41) is 14.8. The van der Waals surface area contributed by atoms with Crippen molar-refractivity contribution in [2.45, 2.75) is 51.4 Å². The molecule has 0 aliphatic heterocycles. The summed E-state index contributed by atoms with van der Waals surface area (Å²) in [7, 11) is 0. The van der Waals surface area contributed by atoms with Gasteiger partial charge in [0.1, 0.15) is 10.8 Å². The molecule has 1 aromatic carbocycles. The Bertz CT molecular complexity index is 956. The largest absolute Gasteiger partial charge is 0.355 e. The summed E-state index contributed by atoms with van der Waals surface area (Å²) < 4.78 is 13.8. The Hall–Kier alpha value is -2.35. The van der Waals surface area contributed by atoms with Crippen molar-refractivity contribution in [1.82, 2.24) is 15.5 Å². The summed E-state index contributed by atoms with van der Waals surface area (Å²) in [6, 6.07) is 6.55. The van der Waals surface area contributed by atoms with Gasteiger partial charge in [-0.1, -0.05) is 29.5 Å². The number of carbonyl (C=O) groups excluding carboxylic acids is 2. The van der Waals surface area contributed by atoms with Gasteiger partial charge in [-0.3, -0.25) is 9.59 Å². The lowest BCUT2D eigenvalue weighted by atomic mass is 9.49. The second kappa shape index (κ2) is 8.30. The van der Waals surface area contributed by atoms with Crippen molar-refractivity contribution < 1.29 is 14.0 Å². The van der Waals surface area contributed by atoms with Gasteiger partial charge in [0.05, 0.1) is 0 Å². The number of hydrogen-bond donors (Lipinski definition) is 2. The number of hydrogen-bond acceptors (Lipinski definition) is 5. The SMILES string of the molecule is O=C(CCNC(=O)C12CC3CC(CC(C3)C1)C2)Nc1nnc(Cc2ccccc2F)s1. The fourth-order valence-corrected chi connectivity index (χ4v) is 7.01. The molecule has 0 spiro atoms. The van der Waals surface area contributed by atoms with E-state index in [1.807, 2.05) is 0 Å². The van der Waals surface area contributed by atoms with Crippen molar-refractivity contribution in [3.8, 4) is 0 Å². The van der Waals surface area contributed by atoms with Crippen LogP contribution in [0.4, 0.5) is 9.52 Å². The summed E-state index contributed by atoms with van der Waals surface area (Å²) >= 11 is 1.23. The molecule has 4 fully saturated rings. The topological polar surface area (TPSA) is 84.0 Å². The number of rotatable bonds is 7. The fourth-order valence-electron chi connectivity index (χ4n) is 6.23. The molecule has 2 N–H and O–H groups in total. The van der Waals surface area contributed by atoms with Crippen LogP contribution in [0.15, 0.2) is 24.3 Å². The van der Waals surface area contributed by atoms with E-state index in [1.165, 1.54) is 36.7 Å². The van der Waals surface area contributed by atoms with E-state index in [0.717, 1.165) is 37.0 Å². The third-order valence-electron chi connectivity index (χ3n) is 7.17. The third-order valence-corrected chi connectivity index (χ3v) is 8.01. The quantitative estimate of drug-likeness (QED) is 0.681. The Morgan fingerprint density at radius 2 is 1.74 bits per heavy atom. The van der Waals surface area contributed by atoms with Crippen LogP contribution in [0.2, 0.25) is 0 Å². The molecule has 4 aliphatic carbocycles. The molecule has 0 radical (unpaired) electrons. The van der Waals surface area contributed by atoms with Gasteiger partial charge >= 0.3 is 0 Å².